The van der Waals surface area contributed by atoms with Crippen molar-refractivity contribution in [2.45, 2.75) is 127 Å². The molecule has 6 nitrogen and oxygen atoms in total. The Bertz CT molecular complexity index is 2730. The van der Waals surface area contributed by atoms with Crippen molar-refractivity contribution in [3.8, 4) is 5.69 Å². The molecule has 6 aromatic rings. The van der Waals surface area contributed by atoms with Gasteiger partial charge in [-0.3, -0.25) is 4.99 Å². The molecule has 2 atom stereocenters. The molecule has 1 aliphatic heterocycles. The zero-order chi connectivity index (χ0) is 39.6. The summed E-state index contributed by atoms with van der Waals surface area (Å²) < 4.78 is 38.9. The molecular weight excluding hydrogens is 894 g/mol. The van der Waals surface area contributed by atoms with E-state index in [2.05, 4.69) is 132 Å². The molecule has 3 heterocycles. The second kappa shape index (κ2) is 13.2. The summed E-state index contributed by atoms with van der Waals surface area (Å²) in [6.45, 7) is 25.6. The average molecular weight is 945 g/mol. The summed E-state index contributed by atoms with van der Waals surface area (Å²) in [5, 5.41) is 2.07. The van der Waals surface area contributed by atoms with Crippen LogP contribution >= 0.6 is 0 Å². The number of aromatic nitrogens is 2. The number of ether oxygens (including phenoxy) is 1. The van der Waals surface area contributed by atoms with Crippen molar-refractivity contribution in [1.82, 2.24) is 9.55 Å². The van der Waals surface area contributed by atoms with Crippen LogP contribution in [0, 0.1) is 26.0 Å². The van der Waals surface area contributed by atoms with E-state index < -0.39 is 21.0 Å². The summed E-state index contributed by atoms with van der Waals surface area (Å²) >= 11 is 0. The molecule has 1 aliphatic carbocycles. The third kappa shape index (κ3) is 6.20. The third-order valence-electron chi connectivity index (χ3n) is 12.3. The molecule has 4 aromatic carbocycles. The molecule has 0 radical (unpaired) electrons. The van der Waals surface area contributed by atoms with Crippen LogP contribution in [0.15, 0.2) is 87.7 Å². The number of aryl methyl sites for hydroxylation is 1. The minimum Gasteiger partial charge on any atom is -0.511 e. The van der Waals surface area contributed by atoms with Gasteiger partial charge in [0.05, 0.1) is 5.52 Å². The summed E-state index contributed by atoms with van der Waals surface area (Å²) in [4.78, 5) is 10.2. The Morgan fingerprint density at radius 3 is 2.21 bits per heavy atom. The van der Waals surface area contributed by atoms with Gasteiger partial charge in [0, 0.05) is 23.4 Å². The first-order valence-electron chi connectivity index (χ1n) is 19.3. The topological polar surface area (TPSA) is 73.6 Å². The Morgan fingerprint density at radius 1 is 0.839 bits per heavy atom. The Labute approximate surface area is 347 Å². The van der Waals surface area contributed by atoms with Crippen molar-refractivity contribution in [3.05, 3.63) is 130 Å². The number of sulfone groups is 1. The number of fused-ring (bicyclic) bond motifs is 6. The van der Waals surface area contributed by atoms with Crippen molar-refractivity contribution in [2.75, 3.05) is 0 Å². The summed E-state index contributed by atoms with van der Waals surface area (Å²) in [6.07, 6.45) is 2.51. The summed E-state index contributed by atoms with van der Waals surface area (Å²) in [5.41, 5.74) is 9.14. The standard InChI is InChI=1S/C48H51N3O3S.Pt/c1-28(2)31-20-32(44-50-48(12)41-17-15-29(3)30(4)40(41)27-47(48,11)54-44)22-36(21-31)55(52,53)37-24-34(46(8,9)10)23-35(26-37)51-42-18-16-33(45(5,6)7)25-39(42)38-14-13-19-49-43(38)51;/h13-21,23-25,28H,27H2,1-12H3;/q-2;+2/t47-,48+;/m0./s1. The molecule has 2 aliphatic rings. The van der Waals surface area contributed by atoms with Crippen molar-refractivity contribution < 1.29 is 34.2 Å². The van der Waals surface area contributed by atoms with Gasteiger partial charge >= 0.3 is 21.1 Å². The number of pyridine rings is 1. The molecule has 8 rings (SSSR count). The Morgan fingerprint density at radius 2 is 1.54 bits per heavy atom. The van der Waals surface area contributed by atoms with Crippen LogP contribution in [-0.2, 0) is 58.4 Å². The number of benzene rings is 4. The van der Waals surface area contributed by atoms with E-state index in [9.17, 15) is 0 Å². The smallest absolute Gasteiger partial charge is 0.511 e. The van der Waals surface area contributed by atoms with Crippen LogP contribution in [0.2, 0.25) is 0 Å². The Hall–Kier alpha value is -4.06. The molecule has 0 fully saturated rings. The molecule has 292 valence electrons. The maximum Gasteiger partial charge on any atom is 2.00 e. The van der Waals surface area contributed by atoms with E-state index in [1.54, 1.807) is 18.3 Å². The Kier molecular flexibility index (Phi) is 9.49. The summed E-state index contributed by atoms with van der Waals surface area (Å²) in [6, 6.07) is 29.1. The molecular formula is C48H51N3O3PtS. The molecule has 0 N–H and O–H groups in total. The van der Waals surface area contributed by atoms with E-state index in [1.807, 2.05) is 22.8 Å². The number of hydrogen-bond acceptors (Lipinski definition) is 5. The van der Waals surface area contributed by atoms with E-state index in [0.29, 0.717) is 17.1 Å². The van der Waals surface area contributed by atoms with Crippen LogP contribution in [0.3, 0.4) is 0 Å². The van der Waals surface area contributed by atoms with Crippen molar-refractivity contribution in [1.29, 1.82) is 0 Å². The molecule has 0 amide bonds. The van der Waals surface area contributed by atoms with Gasteiger partial charge in [0.2, 0.25) is 0 Å². The molecule has 0 spiro atoms. The average Bonchev–Trinajstić information content (AvgIpc) is 3.67. The quantitative estimate of drug-likeness (QED) is 0.161. The molecule has 2 aromatic heterocycles. The second-order valence-electron chi connectivity index (χ2n) is 18.4. The van der Waals surface area contributed by atoms with E-state index in [1.165, 1.54) is 22.3 Å². The van der Waals surface area contributed by atoms with E-state index >= 15 is 8.42 Å². The zero-order valence-electron chi connectivity index (χ0n) is 34.5. The normalized spacial score (nSPS) is 19.6. The number of aliphatic imine (C=N–C) groups is 1. The van der Waals surface area contributed by atoms with Crippen molar-refractivity contribution in [2.24, 2.45) is 4.99 Å². The van der Waals surface area contributed by atoms with Gasteiger partial charge < -0.3 is 9.30 Å². The predicted molar refractivity (Wildman–Crippen MR) is 223 cm³/mol. The van der Waals surface area contributed by atoms with Gasteiger partial charge in [0.15, 0.2) is 9.84 Å². The van der Waals surface area contributed by atoms with Crippen LogP contribution in [0.5, 0.6) is 0 Å². The van der Waals surface area contributed by atoms with Crippen LogP contribution < -0.4 is 0 Å². The van der Waals surface area contributed by atoms with Crippen LogP contribution in [0.4, 0.5) is 0 Å². The summed E-state index contributed by atoms with van der Waals surface area (Å²) in [7, 11) is -4.14. The first-order chi connectivity index (χ1) is 25.6. The molecule has 0 bridgehead atoms. The zero-order valence-corrected chi connectivity index (χ0v) is 37.6. The van der Waals surface area contributed by atoms with Gasteiger partial charge in [-0.1, -0.05) is 84.8 Å². The molecule has 56 heavy (non-hydrogen) atoms. The van der Waals surface area contributed by atoms with Gasteiger partial charge in [-0.25, -0.2) is 13.4 Å². The van der Waals surface area contributed by atoms with Gasteiger partial charge in [-0.15, -0.1) is 47.5 Å². The first kappa shape index (κ1) is 40.1. The number of nitrogens with zero attached hydrogens (tertiary/aromatic N) is 3. The van der Waals surface area contributed by atoms with Gasteiger partial charge in [0.25, 0.3) is 0 Å². The maximum absolute atomic E-state index is 15.0. The SMILES string of the molecule is Cc1ccc2c(c1C)C[C@]1(C)OC(c3[c-]c(S(=O)(=O)c4[c-]c(-n5c6ccc(C(C)(C)C)cc6c6cccnc65)cc(C(C)(C)C)c4)cc(C(C)C)c3)=N[C@]21C.[Pt+2]. The number of rotatable bonds is 5. The predicted octanol–water partition coefficient (Wildman–Crippen LogP) is 11.0. The van der Waals surface area contributed by atoms with Crippen molar-refractivity contribution in [3.63, 3.8) is 0 Å². The fraction of sp³-hybridized carbons (Fsp3) is 0.375. The van der Waals surface area contributed by atoms with Crippen LogP contribution in [0.25, 0.3) is 27.6 Å². The fourth-order valence-electron chi connectivity index (χ4n) is 8.28. The molecule has 0 saturated heterocycles. The molecule has 0 unspecified atom stereocenters. The Balaban J connectivity index is 0.00000480. The largest absolute Gasteiger partial charge is 2.00 e. The number of hydrogen-bond donors (Lipinski definition) is 0. The molecule has 0 saturated carbocycles. The van der Waals surface area contributed by atoms with E-state index in [4.69, 9.17) is 14.7 Å². The summed E-state index contributed by atoms with van der Waals surface area (Å²) in [5.74, 6) is 0.468. The minimum atomic E-state index is -4.14. The van der Waals surface area contributed by atoms with Crippen LogP contribution in [-0.4, -0.2) is 29.5 Å². The van der Waals surface area contributed by atoms with Gasteiger partial charge in [-0.05, 0) is 106 Å². The second-order valence-corrected chi connectivity index (χ2v) is 20.3. The minimum absolute atomic E-state index is 0. The van der Waals surface area contributed by atoms with Gasteiger partial charge in [-0.2, -0.15) is 0 Å². The third-order valence-corrected chi connectivity index (χ3v) is 13.9. The van der Waals surface area contributed by atoms with E-state index in [0.717, 1.165) is 45.0 Å². The van der Waals surface area contributed by atoms with Gasteiger partial charge in [0.1, 0.15) is 22.7 Å². The fourth-order valence-corrected chi connectivity index (χ4v) is 9.57. The van der Waals surface area contributed by atoms with Crippen LogP contribution in [0.1, 0.15) is 120 Å². The molecule has 8 heteroatoms. The monoisotopic (exact) mass is 944 g/mol. The maximum atomic E-state index is 15.0. The van der Waals surface area contributed by atoms with E-state index in [-0.39, 0.29) is 47.6 Å². The van der Waals surface area contributed by atoms with Crippen molar-refractivity contribution >= 4 is 37.7 Å². The first-order valence-corrected chi connectivity index (χ1v) is 20.8.